The van der Waals surface area contributed by atoms with E-state index in [1.54, 1.807) is 25.2 Å². The second kappa shape index (κ2) is 13.3. The number of amides is 2. The lowest BCUT2D eigenvalue weighted by Gasteiger charge is -2.28. The lowest BCUT2D eigenvalue weighted by atomic mass is 9.96. The monoisotopic (exact) mass is 635 g/mol. The van der Waals surface area contributed by atoms with Crippen LogP contribution < -0.4 is 20.7 Å². The fraction of sp³-hybridized carbons (Fsp3) is 0.258. The summed E-state index contributed by atoms with van der Waals surface area (Å²) in [5.41, 5.74) is 4.45. The van der Waals surface area contributed by atoms with Crippen molar-refractivity contribution >= 4 is 39.3 Å². The lowest BCUT2D eigenvalue weighted by molar-refractivity contribution is -0.122. The van der Waals surface area contributed by atoms with Crippen LogP contribution in [0.25, 0.3) is 0 Å². The van der Waals surface area contributed by atoms with Crippen LogP contribution in [0.5, 0.6) is 5.75 Å². The van der Waals surface area contributed by atoms with E-state index in [1.807, 2.05) is 48.9 Å². The van der Waals surface area contributed by atoms with Gasteiger partial charge in [0.25, 0.3) is 5.91 Å². The first-order valence-electron chi connectivity index (χ1n) is 13.4. The molecule has 0 saturated carbocycles. The molecule has 0 aliphatic carbocycles. The quantitative estimate of drug-likeness (QED) is 0.227. The van der Waals surface area contributed by atoms with E-state index in [0.29, 0.717) is 35.9 Å². The molecule has 0 spiro atoms. The van der Waals surface area contributed by atoms with E-state index in [-0.39, 0.29) is 17.9 Å². The highest BCUT2D eigenvalue weighted by atomic mass is 79.9. The molecule has 1 aliphatic heterocycles. The molecule has 1 aromatic heterocycles. The molecule has 0 saturated heterocycles. The van der Waals surface area contributed by atoms with Crippen molar-refractivity contribution in [1.29, 1.82) is 0 Å². The fourth-order valence-corrected chi connectivity index (χ4v) is 5.33. The van der Waals surface area contributed by atoms with Gasteiger partial charge in [0, 0.05) is 60.3 Å². The topological polar surface area (TPSA) is 97.3 Å². The van der Waals surface area contributed by atoms with Crippen molar-refractivity contribution in [2.75, 3.05) is 13.7 Å². The van der Waals surface area contributed by atoms with E-state index in [4.69, 9.17) is 16.3 Å². The van der Waals surface area contributed by atoms with Crippen LogP contribution in [0, 0.1) is 0 Å². The average molecular weight is 637 g/mol. The summed E-state index contributed by atoms with van der Waals surface area (Å²) in [5.74, 6) is -0.102. The third-order valence-electron chi connectivity index (χ3n) is 7.13. The molecule has 212 valence electrons. The number of aromatic nitrogens is 2. The van der Waals surface area contributed by atoms with Crippen LogP contribution in [0.3, 0.4) is 0 Å². The van der Waals surface area contributed by atoms with Crippen molar-refractivity contribution < 1.29 is 14.3 Å². The number of nitrogens with one attached hydrogen (secondary N) is 3. The third-order valence-corrected chi connectivity index (χ3v) is 7.91. The number of ether oxygens (including phenoxy) is 1. The minimum atomic E-state index is -0.756. The van der Waals surface area contributed by atoms with E-state index in [0.717, 1.165) is 34.3 Å². The minimum absolute atomic E-state index is 0.00802. The molecule has 10 heteroatoms. The molecular weight excluding hydrogens is 606 g/mol. The van der Waals surface area contributed by atoms with Crippen LogP contribution in [-0.4, -0.2) is 41.1 Å². The third kappa shape index (κ3) is 7.16. The maximum absolute atomic E-state index is 13.5. The molecule has 0 bridgehead atoms. The summed E-state index contributed by atoms with van der Waals surface area (Å²) in [5, 5.41) is 9.79. The highest BCUT2D eigenvalue weighted by Crippen LogP contribution is 2.35. The van der Waals surface area contributed by atoms with E-state index in [9.17, 15) is 9.59 Å². The summed E-state index contributed by atoms with van der Waals surface area (Å²) in [6.07, 6.45) is 4.80. The van der Waals surface area contributed by atoms with Crippen molar-refractivity contribution in [2.24, 2.45) is 0 Å². The van der Waals surface area contributed by atoms with Gasteiger partial charge < -0.3 is 25.3 Å². The minimum Gasteiger partial charge on any atom is -0.492 e. The first kappa shape index (κ1) is 28.9. The highest BCUT2D eigenvalue weighted by molar-refractivity contribution is 9.10. The molecule has 3 N–H and O–H groups in total. The molecule has 5 rings (SSSR count). The second-order valence-electron chi connectivity index (χ2n) is 9.90. The van der Waals surface area contributed by atoms with Crippen LogP contribution in [-0.2, 0) is 24.3 Å². The van der Waals surface area contributed by atoms with Gasteiger partial charge in [0.2, 0.25) is 5.91 Å². The Morgan fingerprint density at radius 3 is 2.61 bits per heavy atom. The van der Waals surface area contributed by atoms with E-state index in [1.165, 1.54) is 5.56 Å². The summed E-state index contributed by atoms with van der Waals surface area (Å²) in [4.78, 5) is 30.5. The van der Waals surface area contributed by atoms with Gasteiger partial charge in [0.1, 0.15) is 11.8 Å². The zero-order valence-corrected chi connectivity index (χ0v) is 24.9. The first-order chi connectivity index (χ1) is 19.9. The van der Waals surface area contributed by atoms with Crippen molar-refractivity contribution in [2.45, 2.75) is 38.0 Å². The van der Waals surface area contributed by atoms with Crippen LogP contribution >= 0.6 is 27.5 Å². The number of rotatable bonds is 10. The van der Waals surface area contributed by atoms with Gasteiger partial charge in [-0.3, -0.25) is 9.59 Å². The maximum atomic E-state index is 13.5. The maximum Gasteiger partial charge on any atom is 0.255 e. The largest absolute Gasteiger partial charge is 0.492 e. The normalized spacial score (nSPS) is 15.0. The number of hydrogen-bond acceptors (Lipinski definition) is 5. The average Bonchev–Trinajstić information content (AvgIpc) is 3.43. The second-order valence-corrected chi connectivity index (χ2v) is 11.3. The number of fused-ring (bicyclic) bond motifs is 1. The molecule has 0 fully saturated rings. The zero-order valence-electron chi connectivity index (χ0n) is 22.6. The Labute approximate surface area is 252 Å². The number of hydrogen-bond donors (Lipinski definition) is 3. The van der Waals surface area contributed by atoms with Crippen molar-refractivity contribution in [3.63, 3.8) is 0 Å². The Morgan fingerprint density at radius 2 is 1.85 bits per heavy atom. The zero-order chi connectivity index (χ0) is 28.8. The molecule has 2 heterocycles. The number of carbonyl (C=O) groups is 2. The summed E-state index contributed by atoms with van der Waals surface area (Å²) < 4.78 is 9.19. The van der Waals surface area contributed by atoms with Gasteiger partial charge in [-0.05, 0) is 41.5 Å². The van der Waals surface area contributed by atoms with Crippen LogP contribution in [0.15, 0.2) is 83.7 Å². The standard InChI is InChI=1S/C31H31BrClN5O3/c1-34-31(40)28(15-20-7-11-23(33)12-8-20)37-30(39)26-4-2-3-25-27(13-14-41-29(25)26)36-17-24-16-35-19-38(24)18-21-5-9-22(32)10-6-21/h2-12,16,19,27-28,36H,13-15,17-18H2,1H3,(H,34,40)(H,37,39)/t27?,28-/m1/s1. The summed E-state index contributed by atoms with van der Waals surface area (Å²) >= 11 is 9.49. The predicted molar refractivity (Wildman–Crippen MR) is 162 cm³/mol. The summed E-state index contributed by atoms with van der Waals surface area (Å²) in [6.45, 7) is 1.80. The van der Waals surface area contributed by atoms with Crippen molar-refractivity contribution in [1.82, 2.24) is 25.5 Å². The number of nitrogens with zero attached hydrogens (tertiary/aromatic N) is 2. The summed E-state index contributed by atoms with van der Waals surface area (Å²) in [7, 11) is 1.55. The van der Waals surface area contributed by atoms with Crippen LogP contribution in [0.4, 0.5) is 0 Å². The Bertz CT molecular complexity index is 1510. The molecule has 8 nitrogen and oxygen atoms in total. The lowest BCUT2D eigenvalue weighted by Crippen LogP contribution is -2.47. The van der Waals surface area contributed by atoms with E-state index < -0.39 is 6.04 Å². The Balaban J connectivity index is 1.28. The number of likely N-dealkylation sites (N-methyl/N-ethyl adjacent to an activating group) is 1. The predicted octanol–water partition coefficient (Wildman–Crippen LogP) is 5.05. The number of halogens is 2. The molecule has 3 aromatic carbocycles. The Kier molecular flexibility index (Phi) is 9.38. The van der Waals surface area contributed by atoms with Gasteiger partial charge >= 0.3 is 0 Å². The molecule has 1 aliphatic rings. The molecule has 4 aromatic rings. The van der Waals surface area contributed by atoms with Gasteiger partial charge in [-0.1, -0.05) is 63.9 Å². The SMILES string of the molecule is CNC(=O)[C@@H](Cc1ccc(Cl)cc1)NC(=O)c1cccc2c1OCCC2NCc1cncn1Cc1ccc(Br)cc1. The number of carbonyl (C=O) groups excluding carboxylic acids is 2. The number of benzene rings is 3. The van der Waals surface area contributed by atoms with E-state index >= 15 is 0 Å². The Morgan fingerprint density at radius 1 is 1.10 bits per heavy atom. The molecule has 1 unspecified atom stereocenters. The number of imidazole rings is 1. The molecule has 41 heavy (non-hydrogen) atoms. The van der Waals surface area contributed by atoms with Gasteiger partial charge in [-0.15, -0.1) is 0 Å². The summed E-state index contributed by atoms with van der Waals surface area (Å²) in [6, 6.07) is 20.3. The van der Waals surface area contributed by atoms with Gasteiger partial charge in [0.15, 0.2) is 0 Å². The van der Waals surface area contributed by atoms with Gasteiger partial charge in [0.05, 0.1) is 24.2 Å². The van der Waals surface area contributed by atoms with Gasteiger partial charge in [-0.25, -0.2) is 4.98 Å². The van der Waals surface area contributed by atoms with E-state index in [2.05, 4.69) is 53.6 Å². The fourth-order valence-electron chi connectivity index (χ4n) is 4.94. The molecule has 2 amide bonds. The van der Waals surface area contributed by atoms with Crippen molar-refractivity contribution in [3.8, 4) is 5.75 Å². The molecular formula is C31H31BrClN5O3. The van der Waals surface area contributed by atoms with Crippen LogP contribution in [0.2, 0.25) is 5.02 Å². The van der Waals surface area contributed by atoms with Crippen molar-refractivity contribution in [3.05, 3.63) is 117 Å². The Hall–Kier alpha value is -3.66. The smallest absolute Gasteiger partial charge is 0.255 e. The van der Waals surface area contributed by atoms with Gasteiger partial charge in [-0.2, -0.15) is 0 Å². The number of para-hydroxylation sites is 1. The van der Waals surface area contributed by atoms with Crippen LogP contribution in [0.1, 0.15) is 45.2 Å². The molecule has 2 atom stereocenters. The molecule has 0 radical (unpaired) electrons. The highest BCUT2D eigenvalue weighted by Gasteiger charge is 2.28. The first-order valence-corrected chi connectivity index (χ1v) is 14.6.